The van der Waals surface area contributed by atoms with Crippen molar-refractivity contribution in [2.75, 3.05) is 33.0 Å². The van der Waals surface area contributed by atoms with Gasteiger partial charge in [-0.2, -0.15) is 0 Å². The summed E-state index contributed by atoms with van der Waals surface area (Å²) in [6.45, 7) is 1.19. The number of benzene rings is 1. The highest BCUT2D eigenvalue weighted by molar-refractivity contribution is 7.17. The minimum atomic E-state index is 0.00455. The van der Waals surface area contributed by atoms with Crippen LogP contribution < -0.4 is 10.6 Å². The fourth-order valence-corrected chi connectivity index (χ4v) is 3.68. The molecule has 0 aliphatic carbocycles. The molecule has 26 heavy (non-hydrogen) atoms. The van der Waals surface area contributed by atoms with Gasteiger partial charge in [-0.1, -0.05) is 30.3 Å². The van der Waals surface area contributed by atoms with E-state index in [2.05, 4.69) is 28.1 Å². The molecule has 2 N–H and O–H groups in total. The van der Waals surface area contributed by atoms with Crippen molar-refractivity contribution in [2.45, 2.75) is 13.0 Å². The van der Waals surface area contributed by atoms with Crippen LogP contribution in [0.5, 0.6) is 0 Å². The van der Waals surface area contributed by atoms with Crippen molar-refractivity contribution in [1.29, 1.82) is 0 Å². The minimum Gasteiger partial charge on any atom is -0.369 e. The number of nitrogens with one attached hydrogen (secondary N) is 2. The molecule has 0 aliphatic heterocycles. The summed E-state index contributed by atoms with van der Waals surface area (Å²) in [7, 11) is 5.64. The van der Waals surface area contributed by atoms with Crippen LogP contribution in [0.2, 0.25) is 0 Å². The molecule has 1 amide bonds. The van der Waals surface area contributed by atoms with Gasteiger partial charge in [-0.3, -0.25) is 4.79 Å². The van der Waals surface area contributed by atoms with Crippen LogP contribution in [0.15, 0.2) is 35.7 Å². The first-order valence-corrected chi connectivity index (χ1v) is 9.39. The van der Waals surface area contributed by atoms with E-state index < -0.39 is 0 Å². The van der Waals surface area contributed by atoms with Crippen molar-refractivity contribution in [3.63, 3.8) is 0 Å². The van der Waals surface area contributed by atoms with Crippen LogP contribution in [0.25, 0.3) is 21.3 Å². The van der Waals surface area contributed by atoms with E-state index in [0.717, 1.165) is 33.0 Å². The van der Waals surface area contributed by atoms with Crippen LogP contribution in [0.4, 0.5) is 5.82 Å². The summed E-state index contributed by atoms with van der Waals surface area (Å²) < 4.78 is 0. The van der Waals surface area contributed by atoms with Crippen LogP contribution in [-0.2, 0) is 11.3 Å². The number of anilines is 1. The molecular formula is C19H23N5OS. The van der Waals surface area contributed by atoms with Gasteiger partial charge in [-0.15, -0.1) is 11.3 Å². The van der Waals surface area contributed by atoms with Crippen molar-refractivity contribution < 1.29 is 4.79 Å². The number of amides is 1. The molecule has 136 valence electrons. The maximum atomic E-state index is 11.5. The topological polar surface area (TPSA) is 70.2 Å². The molecule has 2 aromatic heterocycles. The van der Waals surface area contributed by atoms with Crippen LogP contribution in [0.3, 0.4) is 0 Å². The smallest absolute Gasteiger partial charge is 0.221 e. The average molecular weight is 369 g/mol. The van der Waals surface area contributed by atoms with Crippen LogP contribution >= 0.6 is 11.3 Å². The van der Waals surface area contributed by atoms with E-state index in [0.29, 0.717) is 19.5 Å². The molecule has 6 nitrogen and oxygen atoms in total. The SMILES string of the molecule is CNC(=O)CCNc1nc(CN(C)C)nc2scc(-c3ccccc3)c12. The summed E-state index contributed by atoms with van der Waals surface area (Å²) in [5.41, 5.74) is 2.25. The van der Waals surface area contributed by atoms with Crippen molar-refractivity contribution in [1.82, 2.24) is 20.2 Å². The first-order chi connectivity index (χ1) is 12.6. The summed E-state index contributed by atoms with van der Waals surface area (Å²) in [6.07, 6.45) is 0.399. The molecule has 3 rings (SSSR count). The second-order valence-electron chi connectivity index (χ2n) is 6.27. The van der Waals surface area contributed by atoms with Gasteiger partial charge >= 0.3 is 0 Å². The van der Waals surface area contributed by atoms with Crippen LogP contribution in [-0.4, -0.2) is 48.5 Å². The third-order valence-corrected chi connectivity index (χ3v) is 4.82. The molecule has 0 fully saturated rings. The molecule has 0 bridgehead atoms. The molecule has 0 spiro atoms. The van der Waals surface area contributed by atoms with E-state index in [1.807, 2.05) is 37.2 Å². The highest BCUT2D eigenvalue weighted by Gasteiger charge is 2.15. The summed E-state index contributed by atoms with van der Waals surface area (Å²) in [5, 5.41) is 9.12. The van der Waals surface area contributed by atoms with Crippen molar-refractivity contribution in [2.24, 2.45) is 0 Å². The maximum absolute atomic E-state index is 11.5. The molecular weight excluding hydrogens is 346 g/mol. The molecule has 7 heteroatoms. The number of thiophene rings is 1. The van der Waals surface area contributed by atoms with E-state index >= 15 is 0 Å². The number of aromatic nitrogens is 2. The molecule has 3 aromatic rings. The van der Waals surface area contributed by atoms with Gasteiger partial charge in [-0.25, -0.2) is 9.97 Å². The number of hydrogen-bond acceptors (Lipinski definition) is 6. The Morgan fingerprint density at radius 1 is 1.19 bits per heavy atom. The van der Waals surface area contributed by atoms with Gasteiger partial charge in [0.05, 0.1) is 11.9 Å². The number of carbonyl (C=O) groups excluding carboxylic acids is 1. The largest absolute Gasteiger partial charge is 0.369 e. The van der Waals surface area contributed by atoms with Gasteiger partial charge in [0.25, 0.3) is 0 Å². The van der Waals surface area contributed by atoms with Gasteiger partial charge in [0, 0.05) is 31.0 Å². The Labute approximate surface area is 157 Å². The Kier molecular flexibility index (Phi) is 5.80. The predicted molar refractivity (Wildman–Crippen MR) is 107 cm³/mol. The van der Waals surface area contributed by atoms with E-state index in [4.69, 9.17) is 9.97 Å². The Balaban J connectivity index is 2.01. The van der Waals surface area contributed by atoms with Crippen molar-refractivity contribution in [3.8, 4) is 11.1 Å². The monoisotopic (exact) mass is 369 g/mol. The van der Waals surface area contributed by atoms with Crippen molar-refractivity contribution >= 4 is 33.3 Å². The lowest BCUT2D eigenvalue weighted by Gasteiger charge is -2.12. The lowest BCUT2D eigenvalue weighted by atomic mass is 10.1. The standard InChI is InChI=1S/C19H23N5OS/c1-20-16(25)9-10-21-18-17-14(13-7-5-4-6-8-13)12-26-19(17)23-15(22-18)11-24(2)3/h4-8,12H,9-11H2,1-3H3,(H,20,25)(H,21,22,23). The summed E-state index contributed by atoms with van der Waals surface area (Å²) in [6, 6.07) is 10.2. The fourth-order valence-electron chi connectivity index (χ4n) is 2.72. The van der Waals surface area contributed by atoms with E-state index in [1.54, 1.807) is 18.4 Å². The van der Waals surface area contributed by atoms with E-state index in [-0.39, 0.29) is 5.91 Å². The number of nitrogens with zero attached hydrogens (tertiary/aromatic N) is 3. The van der Waals surface area contributed by atoms with Gasteiger partial charge in [0.2, 0.25) is 5.91 Å². The molecule has 0 saturated heterocycles. The summed E-state index contributed by atoms with van der Waals surface area (Å²) in [5.74, 6) is 1.56. The first kappa shape index (κ1) is 18.3. The molecule has 0 saturated carbocycles. The van der Waals surface area contributed by atoms with Gasteiger partial charge in [0.1, 0.15) is 16.5 Å². The predicted octanol–water partition coefficient (Wildman–Crippen LogP) is 2.97. The third kappa shape index (κ3) is 4.17. The fraction of sp³-hybridized carbons (Fsp3) is 0.316. The third-order valence-electron chi connectivity index (χ3n) is 3.95. The lowest BCUT2D eigenvalue weighted by Crippen LogP contribution is -2.21. The Hall–Kier alpha value is -2.51. The number of rotatable bonds is 7. The minimum absolute atomic E-state index is 0.00455. The highest BCUT2D eigenvalue weighted by Crippen LogP contribution is 2.36. The molecule has 0 aliphatic rings. The first-order valence-electron chi connectivity index (χ1n) is 8.51. The Morgan fingerprint density at radius 3 is 2.65 bits per heavy atom. The zero-order chi connectivity index (χ0) is 18.5. The van der Waals surface area contributed by atoms with Crippen molar-refractivity contribution in [3.05, 3.63) is 41.5 Å². The van der Waals surface area contributed by atoms with Gasteiger partial charge in [-0.05, 0) is 19.7 Å². The second-order valence-corrected chi connectivity index (χ2v) is 7.13. The molecule has 0 unspecified atom stereocenters. The number of fused-ring (bicyclic) bond motifs is 1. The summed E-state index contributed by atoms with van der Waals surface area (Å²) >= 11 is 1.62. The zero-order valence-electron chi connectivity index (χ0n) is 15.2. The highest BCUT2D eigenvalue weighted by atomic mass is 32.1. The maximum Gasteiger partial charge on any atom is 0.221 e. The zero-order valence-corrected chi connectivity index (χ0v) is 16.1. The quantitative estimate of drug-likeness (QED) is 0.670. The second kappa shape index (κ2) is 8.25. The lowest BCUT2D eigenvalue weighted by molar-refractivity contribution is -0.120. The Morgan fingerprint density at radius 2 is 1.96 bits per heavy atom. The van der Waals surface area contributed by atoms with Gasteiger partial charge in [0.15, 0.2) is 0 Å². The Bertz CT molecular complexity index is 892. The number of carbonyl (C=O) groups is 1. The van der Waals surface area contributed by atoms with E-state index in [9.17, 15) is 4.79 Å². The van der Waals surface area contributed by atoms with Crippen LogP contribution in [0.1, 0.15) is 12.2 Å². The van der Waals surface area contributed by atoms with E-state index in [1.165, 1.54) is 0 Å². The van der Waals surface area contributed by atoms with Crippen LogP contribution in [0, 0.1) is 0 Å². The summed E-state index contributed by atoms with van der Waals surface area (Å²) in [4.78, 5) is 24.0. The molecule has 1 aromatic carbocycles. The normalized spacial score (nSPS) is 11.1. The number of hydrogen-bond donors (Lipinski definition) is 2. The molecule has 2 heterocycles. The molecule has 0 radical (unpaired) electrons. The average Bonchev–Trinajstić information content (AvgIpc) is 3.05. The van der Waals surface area contributed by atoms with Gasteiger partial charge < -0.3 is 15.5 Å². The molecule has 0 atom stereocenters.